The van der Waals surface area contributed by atoms with E-state index in [2.05, 4.69) is 5.10 Å². The molecule has 1 unspecified atom stereocenters. The van der Waals surface area contributed by atoms with Gasteiger partial charge in [0.15, 0.2) is 17.4 Å². The number of hydrogen-bond donors (Lipinski definition) is 0. The van der Waals surface area contributed by atoms with Gasteiger partial charge in [-0.25, -0.2) is 8.78 Å². The summed E-state index contributed by atoms with van der Waals surface area (Å²) in [6.07, 6.45) is 5.31. The maximum absolute atomic E-state index is 14.2. The average Bonchev–Trinajstić information content (AvgIpc) is 3.36. The number of piperidine rings is 1. The van der Waals surface area contributed by atoms with E-state index in [1.165, 1.54) is 13.2 Å². The summed E-state index contributed by atoms with van der Waals surface area (Å²) in [7, 11) is 1.47. The molecule has 0 spiro atoms. The van der Waals surface area contributed by atoms with Gasteiger partial charge in [-0.05, 0) is 37.1 Å². The van der Waals surface area contributed by atoms with Crippen molar-refractivity contribution in [2.24, 2.45) is 5.10 Å². The monoisotopic (exact) mass is 465 g/mol. The van der Waals surface area contributed by atoms with Crippen LogP contribution < -0.4 is 20.1 Å². The van der Waals surface area contributed by atoms with Gasteiger partial charge in [-0.1, -0.05) is 24.3 Å². The maximum atomic E-state index is 14.2. The van der Waals surface area contributed by atoms with Crippen molar-refractivity contribution in [1.82, 2.24) is 9.78 Å². The zero-order valence-electron chi connectivity index (χ0n) is 18.8. The van der Waals surface area contributed by atoms with Crippen LogP contribution in [0.3, 0.4) is 0 Å². The minimum atomic E-state index is -0.849. The standard InChI is InChI=1S/C25H25F2N5O2/c1-34-22-16-31(17-11-14-30(15-12-17)20-9-5-8-19(26)23(20)27)29-24(25(22)33)21-10-13-28-32(21)18-6-3-2-4-7-18/h2-9,13,16-17,21H,10-12,14-15H2,1H3. The largest absolute Gasteiger partial charge is 0.491 e. The fraction of sp³-hybridized carbons (Fsp3) is 0.320. The lowest BCUT2D eigenvalue weighted by molar-refractivity contribution is 0.337. The van der Waals surface area contributed by atoms with Crippen LogP contribution in [0.1, 0.15) is 37.0 Å². The number of ether oxygens (including phenoxy) is 1. The fourth-order valence-corrected chi connectivity index (χ4v) is 4.63. The molecule has 0 N–H and O–H groups in total. The molecule has 1 atom stereocenters. The first-order valence-electron chi connectivity index (χ1n) is 11.3. The van der Waals surface area contributed by atoms with Gasteiger partial charge in [0.2, 0.25) is 5.43 Å². The number of para-hydroxylation sites is 1. The van der Waals surface area contributed by atoms with Crippen molar-refractivity contribution in [2.45, 2.75) is 31.3 Å². The summed E-state index contributed by atoms with van der Waals surface area (Å²) in [4.78, 5) is 15.0. The van der Waals surface area contributed by atoms with E-state index in [0.717, 1.165) is 11.8 Å². The number of hydrogen-bond acceptors (Lipinski definition) is 6. The Balaban J connectivity index is 1.41. The molecule has 1 aromatic heterocycles. The minimum absolute atomic E-state index is 0.00591. The Morgan fingerprint density at radius 2 is 1.79 bits per heavy atom. The summed E-state index contributed by atoms with van der Waals surface area (Å²) in [6, 6.07) is 13.5. The summed E-state index contributed by atoms with van der Waals surface area (Å²) in [5.41, 5.74) is 1.27. The first kappa shape index (κ1) is 22.1. The number of halogens is 2. The van der Waals surface area contributed by atoms with E-state index < -0.39 is 11.6 Å². The predicted octanol–water partition coefficient (Wildman–Crippen LogP) is 4.31. The third-order valence-corrected chi connectivity index (χ3v) is 6.43. The highest BCUT2D eigenvalue weighted by Crippen LogP contribution is 2.33. The van der Waals surface area contributed by atoms with E-state index in [4.69, 9.17) is 9.84 Å². The molecule has 1 fully saturated rings. The minimum Gasteiger partial charge on any atom is -0.491 e. The average molecular weight is 466 g/mol. The highest BCUT2D eigenvalue weighted by Gasteiger charge is 2.31. The first-order valence-corrected chi connectivity index (χ1v) is 11.3. The SMILES string of the molecule is COc1cn(C2CCN(c3cccc(F)c3F)CC2)nc(C2CC=NN2c2ccccc2)c1=O. The van der Waals surface area contributed by atoms with Crippen molar-refractivity contribution >= 4 is 17.6 Å². The molecule has 0 amide bonds. The van der Waals surface area contributed by atoms with Gasteiger partial charge in [0.05, 0.1) is 30.7 Å². The zero-order chi connectivity index (χ0) is 23.7. The Morgan fingerprint density at radius 1 is 1.03 bits per heavy atom. The molecule has 3 aromatic rings. The summed E-state index contributed by atoms with van der Waals surface area (Å²) in [5, 5.41) is 11.0. The molecule has 9 heteroatoms. The van der Waals surface area contributed by atoms with Crippen LogP contribution in [-0.4, -0.2) is 36.2 Å². The van der Waals surface area contributed by atoms with Gasteiger partial charge < -0.3 is 9.64 Å². The molecule has 2 aliphatic heterocycles. The van der Waals surface area contributed by atoms with Crippen LogP contribution in [0.15, 0.2) is 64.6 Å². The molecule has 0 saturated carbocycles. The van der Waals surface area contributed by atoms with E-state index >= 15 is 0 Å². The van der Waals surface area contributed by atoms with Gasteiger partial charge >= 0.3 is 0 Å². The van der Waals surface area contributed by atoms with Crippen LogP contribution in [0.4, 0.5) is 20.2 Å². The quantitative estimate of drug-likeness (QED) is 0.562. The van der Waals surface area contributed by atoms with Crippen LogP contribution in [0.5, 0.6) is 5.75 Å². The second-order valence-corrected chi connectivity index (χ2v) is 8.41. The lowest BCUT2D eigenvalue weighted by atomic mass is 10.0. The van der Waals surface area contributed by atoms with Crippen LogP contribution >= 0.6 is 0 Å². The number of rotatable bonds is 5. The normalized spacial score (nSPS) is 18.5. The summed E-state index contributed by atoms with van der Waals surface area (Å²) >= 11 is 0. The number of benzene rings is 2. The van der Waals surface area contributed by atoms with E-state index in [1.807, 2.05) is 40.2 Å². The number of aromatic nitrogens is 2. The van der Waals surface area contributed by atoms with Crippen LogP contribution in [-0.2, 0) is 0 Å². The molecule has 34 heavy (non-hydrogen) atoms. The highest BCUT2D eigenvalue weighted by atomic mass is 19.2. The van der Waals surface area contributed by atoms with Crippen LogP contribution in [0.2, 0.25) is 0 Å². The summed E-state index contributed by atoms with van der Waals surface area (Å²) in [5.74, 6) is -1.45. The van der Waals surface area contributed by atoms with Gasteiger partial charge in [-0.2, -0.15) is 10.2 Å². The van der Waals surface area contributed by atoms with Crippen molar-refractivity contribution in [3.05, 3.63) is 82.3 Å². The Kier molecular flexibility index (Phi) is 6.00. The van der Waals surface area contributed by atoms with Gasteiger partial charge in [0.25, 0.3) is 0 Å². The van der Waals surface area contributed by atoms with Crippen molar-refractivity contribution in [1.29, 1.82) is 0 Å². The number of methoxy groups -OCH3 is 1. The first-order chi connectivity index (χ1) is 16.6. The zero-order valence-corrected chi connectivity index (χ0v) is 18.8. The molecule has 3 heterocycles. The molecular formula is C25H25F2N5O2. The fourth-order valence-electron chi connectivity index (χ4n) is 4.63. The lowest BCUT2D eigenvalue weighted by Gasteiger charge is -2.34. The second kappa shape index (κ2) is 9.24. The van der Waals surface area contributed by atoms with Crippen LogP contribution in [0.25, 0.3) is 0 Å². The summed E-state index contributed by atoms with van der Waals surface area (Å²) < 4.78 is 35.1. The number of anilines is 2. The predicted molar refractivity (Wildman–Crippen MR) is 127 cm³/mol. The third kappa shape index (κ3) is 4.02. The van der Waals surface area contributed by atoms with E-state index in [-0.39, 0.29) is 28.9 Å². The topological polar surface area (TPSA) is 63.0 Å². The molecule has 2 aliphatic rings. The van der Waals surface area contributed by atoms with E-state index in [1.54, 1.807) is 23.2 Å². The van der Waals surface area contributed by atoms with E-state index in [0.29, 0.717) is 38.0 Å². The molecule has 176 valence electrons. The molecule has 1 saturated heterocycles. The van der Waals surface area contributed by atoms with Crippen molar-refractivity contribution in [3.63, 3.8) is 0 Å². The van der Waals surface area contributed by atoms with Crippen molar-refractivity contribution in [2.75, 3.05) is 30.1 Å². The molecule has 7 nitrogen and oxygen atoms in total. The van der Waals surface area contributed by atoms with E-state index in [9.17, 15) is 13.6 Å². The van der Waals surface area contributed by atoms with Gasteiger partial charge in [-0.15, -0.1) is 0 Å². The van der Waals surface area contributed by atoms with Gasteiger partial charge in [0.1, 0.15) is 11.7 Å². The molecule has 0 aliphatic carbocycles. The Hall–Kier alpha value is -3.75. The Morgan fingerprint density at radius 3 is 2.53 bits per heavy atom. The Bertz CT molecular complexity index is 1260. The smallest absolute Gasteiger partial charge is 0.247 e. The molecule has 2 aromatic carbocycles. The van der Waals surface area contributed by atoms with Crippen molar-refractivity contribution in [3.8, 4) is 5.75 Å². The second-order valence-electron chi connectivity index (χ2n) is 8.41. The number of hydrazone groups is 1. The molecule has 5 rings (SSSR count). The lowest BCUT2D eigenvalue weighted by Crippen LogP contribution is -2.37. The number of nitrogens with zero attached hydrogens (tertiary/aromatic N) is 5. The third-order valence-electron chi connectivity index (χ3n) is 6.43. The van der Waals surface area contributed by atoms with Crippen molar-refractivity contribution < 1.29 is 13.5 Å². The van der Waals surface area contributed by atoms with Gasteiger partial charge in [0, 0.05) is 25.7 Å². The van der Waals surface area contributed by atoms with Crippen LogP contribution in [0, 0.1) is 11.6 Å². The highest BCUT2D eigenvalue weighted by molar-refractivity contribution is 5.67. The molecular weight excluding hydrogens is 440 g/mol. The Labute approximate surface area is 195 Å². The molecule has 0 bridgehead atoms. The van der Waals surface area contributed by atoms with Gasteiger partial charge in [-0.3, -0.25) is 14.5 Å². The maximum Gasteiger partial charge on any atom is 0.247 e. The molecule has 0 radical (unpaired) electrons. The summed E-state index contributed by atoms with van der Waals surface area (Å²) in [6.45, 7) is 1.08.